The van der Waals surface area contributed by atoms with Gasteiger partial charge in [-0.3, -0.25) is 4.79 Å². The fourth-order valence-electron chi connectivity index (χ4n) is 1.14. The van der Waals surface area contributed by atoms with Crippen LogP contribution in [0.2, 0.25) is 5.15 Å². The van der Waals surface area contributed by atoms with E-state index in [0.29, 0.717) is 0 Å². The Morgan fingerprint density at radius 2 is 2.26 bits per heavy atom. The van der Waals surface area contributed by atoms with Crippen LogP contribution < -0.4 is 11.1 Å². The third-order valence-electron chi connectivity index (χ3n) is 1.94. The quantitative estimate of drug-likeness (QED) is 0.868. The van der Waals surface area contributed by atoms with Gasteiger partial charge in [0, 0.05) is 0 Å². The predicted octanol–water partition coefficient (Wildman–Crippen LogP) is 1.22. The van der Waals surface area contributed by atoms with Gasteiger partial charge in [-0.05, 0) is 0 Å². The van der Waals surface area contributed by atoms with E-state index in [-0.39, 0.29) is 16.7 Å². The van der Waals surface area contributed by atoms with Gasteiger partial charge in [-0.15, -0.1) is 0 Å². The van der Waals surface area contributed by atoms with Crippen LogP contribution in [0.3, 0.4) is 0 Å². The monoisotopic (exact) mass is 293 g/mol. The molecule has 0 saturated carbocycles. The smallest absolute Gasteiger partial charge is 0.368 e. The van der Waals surface area contributed by atoms with Crippen LogP contribution in [0.1, 0.15) is 12.1 Å². The average molecular weight is 294 g/mol. The number of anilines is 1. The molecule has 3 N–H and O–H groups in total. The van der Waals surface area contributed by atoms with Gasteiger partial charge in [0.15, 0.2) is 10.8 Å². The van der Waals surface area contributed by atoms with Crippen molar-refractivity contribution in [3.63, 3.8) is 0 Å². The number of hydrogen-bond acceptors (Lipinski definition) is 5. The van der Waals surface area contributed by atoms with Crippen molar-refractivity contribution in [2.75, 3.05) is 5.32 Å². The average Bonchev–Trinajstić information content (AvgIpc) is 2.26. The maximum atomic E-state index is 12.2. The minimum atomic E-state index is -4.57. The van der Waals surface area contributed by atoms with Crippen molar-refractivity contribution in [2.24, 2.45) is 5.73 Å². The molecule has 1 aromatic heterocycles. The molecule has 1 atom stereocenters. The third-order valence-corrected chi connectivity index (χ3v) is 2.20. The zero-order valence-corrected chi connectivity index (χ0v) is 9.96. The van der Waals surface area contributed by atoms with Crippen LogP contribution in [-0.4, -0.2) is 28.1 Å². The lowest BCUT2D eigenvalue weighted by Crippen LogP contribution is -2.39. The Morgan fingerprint density at radius 3 is 2.68 bits per heavy atom. The Morgan fingerprint density at radius 1 is 1.63 bits per heavy atom. The van der Waals surface area contributed by atoms with Crippen molar-refractivity contribution in [1.29, 1.82) is 5.26 Å². The molecule has 1 heterocycles. The number of nitrogens with zero attached hydrogens (tertiary/aromatic N) is 3. The fourth-order valence-corrected chi connectivity index (χ4v) is 1.33. The number of nitriles is 1. The maximum absolute atomic E-state index is 12.2. The first-order chi connectivity index (χ1) is 8.73. The number of carbonyl (C=O) groups excluding carboxylic acids is 1. The van der Waals surface area contributed by atoms with Gasteiger partial charge in [0.1, 0.15) is 17.9 Å². The first-order valence-electron chi connectivity index (χ1n) is 4.78. The summed E-state index contributed by atoms with van der Waals surface area (Å²) < 4.78 is 36.6. The SMILES string of the molecule is N#Cc1ncc(NC(CC(F)(F)F)C(N)=O)nc1Cl. The largest absolute Gasteiger partial charge is 0.391 e. The van der Waals surface area contributed by atoms with Crippen molar-refractivity contribution in [2.45, 2.75) is 18.6 Å². The van der Waals surface area contributed by atoms with Crippen LogP contribution in [0.5, 0.6) is 0 Å². The topological polar surface area (TPSA) is 105 Å². The number of nitrogens with two attached hydrogens (primary N) is 1. The molecular formula is C9H7ClF3N5O. The minimum absolute atomic E-state index is 0.182. The van der Waals surface area contributed by atoms with Crippen LogP contribution in [0.15, 0.2) is 6.20 Å². The van der Waals surface area contributed by atoms with E-state index in [9.17, 15) is 18.0 Å². The summed E-state index contributed by atoms with van der Waals surface area (Å²) in [6.45, 7) is 0. The van der Waals surface area contributed by atoms with Crippen molar-refractivity contribution >= 4 is 23.3 Å². The second kappa shape index (κ2) is 5.71. The van der Waals surface area contributed by atoms with E-state index >= 15 is 0 Å². The van der Waals surface area contributed by atoms with Gasteiger partial charge in [0.05, 0.1) is 12.6 Å². The van der Waals surface area contributed by atoms with E-state index in [1.165, 1.54) is 0 Å². The third kappa shape index (κ3) is 4.59. The lowest BCUT2D eigenvalue weighted by molar-refractivity contribution is -0.144. The summed E-state index contributed by atoms with van der Waals surface area (Å²) in [5, 5.41) is 10.4. The molecule has 6 nitrogen and oxygen atoms in total. The fraction of sp³-hybridized carbons (Fsp3) is 0.333. The van der Waals surface area contributed by atoms with Gasteiger partial charge in [-0.2, -0.15) is 18.4 Å². The predicted molar refractivity (Wildman–Crippen MR) is 59.0 cm³/mol. The summed E-state index contributed by atoms with van der Waals surface area (Å²) in [4.78, 5) is 18.1. The first-order valence-corrected chi connectivity index (χ1v) is 5.16. The number of amides is 1. The molecule has 0 radical (unpaired) electrons. The van der Waals surface area contributed by atoms with E-state index in [1.807, 2.05) is 0 Å². The number of hydrogen-bond donors (Lipinski definition) is 2. The van der Waals surface area contributed by atoms with Crippen LogP contribution in [0, 0.1) is 11.3 Å². The first kappa shape index (κ1) is 15.0. The Bertz CT molecular complexity index is 528. The Labute approximate surface area is 110 Å². The van der Waals surface area contributed by atoms with Crippen molar-refractivity contribution < 1.29 is 18.0 Å². The van der Waals surface area contributed by atoms with E-state index in [4.69, 9.17) is 22.6 Å². The zero-order valence-electron chi connectivity index (χ0n) is 9.20. The molecule has 0 aliphatic heterocycles. The molecule has 19 heavy (non-hydrogen) atoms. The minimum Gasteiger partial charge on any atom is -0.368 e. The molecule has 1 unspecified atom stereocenters. The van der Waals surface area contributed by atoms with E-state index in [2.05, 4.69) is 15.3 Å². The summed E-state index contributed by atoms with van der Waals surface area (Å²) in [7, 11) is 0. The van der Waals surface area contributed by atoms with Gasteiger partial charge in [-0.25, -0.2) is 9.97 Å². The van der Waals surface area contributed by atoms with Crippen LogP contribution in [0.25, 0.3) is 0 Å². The number of primary amides is 1. The molecule has 102 valence electrons. The number of carbonyl (C=O) groups is 1. The number of rotatable bonds is 4. The Kier molecular flexibility index (Phi) is 4.50. The number of alkyl halides is 3. The van der Waals surface area contributed by atoms with Crippen LogP contribution >= 0.6 is 11.6 Å². The van der Waals surface area contributed by atoms with Gasteiger partial charge >= 0.3 is 6.18 Å². The Hall–Kier alpha value is -2.08. The molecule has 0 spiro atoms. The molecule has 0 fully saturated rings. The van der Waals surface area contributed by atoms with Crippen LogP contribution in [-0.2, 0) is 4.79 Å². The van der Waals surface area contributed by atoms with Crippen LogP contribution in [0.4, 0.5) is 19.0 Å². The lowest BCUT2D eigenvalue weighted by Gasteiger charge is -2.17. The summed E-state index contributed by atoms with van der Waals surface area (Å²) >= 11 is 5.55. The van der Waals surface area contributed by atoms with E-state index in [0.717, 1.165) is 6.20 Å². The van der Waals surface area contributed by atoms with Crippen molar-refractivity contribution in [1.82, 2.24) is 9.97 Å². The summed E-state index contributed by atoms with van der Waals surface area (Å²) in [6, 6.07) is -0.0642. The summed E-state index contributed by atoms with van der Waals surface area (Å²) in [6.07, 6.45) is -5.05. The van der Waals surface area contributed by atoms with Gasteiger partial charge in [0.2, 0.25) is 5.91 Å². The Balaban J connectivity index is 2.89. The zero-order chi connectivity index (χ0) is 14.6. The molecule has 0 bridgehead atoms. The summed E-state index contributed by atoms with van der Waals surface area (Å²) in [5.41, 5.74) is 4.67. The van der Waals surface area contributed by atoms with E-state index < -0.39 is 24.5 Å². The molecule has 1 aromatic rings. The number of aromatic nitrogens is 2. The second-order valence-electron chi connectivity index (χ2n) is 3.43. The normalized spacial score (nSPS) is 12.6. The maximum Gasteiger partial charge on any atom is 0.391 e. The number of halogens is 4. The highest BCUT2D eigenvalue weighted by Crippen LogP contribution is 2.23. The highest BCUT2D eigenvalue weighted by Gasteiger charge is 2.34. The molecule has 0 aliphatic rings. The standard InChI is InChI=1S/C9H7ClF3N5O/c10-7-5(2-14)16-3-6(18-7)17-4(8(15)19)1-9(11,12)13/h3-4H,1H2,(H2,15,19)(H,17,18). The molecule has 1 amide bonds. The molecular weight excluding hydrogens is 287 g/mol. The van der Waals surface area contributed by atoms with Gasteiger partial charge < -0.3 is 11.1 Å². The van der Waals surface area contributed by atoms with Gasteiger partial charge in [0.25, 0.3) is 0 Å². The lowest BCUT2D eigenvalue weighted by atomic mass is 10.2. The highest BCUT2D eigenvalue weighted by atomic mass is 35.5. The number of nitrogens with one attached hydrogen (secondary N) is 1. The van der Waals surface area contributed by atoms with Gasteiger partial charge in [-0.1, -0.05) is 11.6 Å². The second-order valence-corrected chi connectivity index (χ2v) is 3.78. The van der Waals surface area contributed by atoms with E-state index in [1.54, 1.807) is 6.07 Å². The van der Waals surface area contributed by atoms with Crippen molar-refractivity contribution in [3.8, 4) is 6.07 Å². The molecule has 0 aromatic carbocycles. The summed E-state index contributed by atoms with van der Waals surface area (Å²) in [5.74, 6) is -1.38. The van der Waals surface area contributed by atoms with Crippen molar-refractivity contribution in [3.05, 3.63) is 17.0 Å². The molecule has 10 heteroatoms. The molecule has 0 saturated heterocycles. The molecule has 1 rings (SSSR count). The molecule has 0 aliphatic carbocycles. The highest BCUT2D eigenvalue weighted by molar-refractivity contribution is 6.30.